The van der Waals surface area contributed by atoms with Crippen molar-refractivity contribution in [3.8, 4) is 0 Å². The molecule has 4 aromatic rings. The maximum Gasteiger partial charge on any atom is 0.163 e. The highest BCUT2D eigenvalue weighted by Crippen LogP contribution is 2.51. The summed E-state index contributed by atoms with van der Waals surface area (Å²) in [6.45, 7) is 8.45. The molecule has 0 amide bonds. The minimum atomic E-state index is -0.668. The lowest BCUT2D eigenvalue weighted by Crippen LogP contribution is -2.27. The Morgan fingerprint density at radius 2 is 1.89 bits per heavy atom. The van der Waals surface area contributed by atoms with Gasteiger partial charge >= 0.3 is 0 Å². The van der Waals surface area contributed by atoms with Crippen molar-refractivity contribution in [1.29, 1.82) is 0 Å². The van der Waals surface area contributed by atoms with E-state index < -0.39 is 5.79 Å². The van der Waals surface area contributed by atoms with Gasteiger partial charge in [-0.3, -0.25) is 0 Å². The van der Waals surface area contributed by atoms with Gasteiger partial charge in [0.1, 0.15) is 28.4 Å². The molecule has 6 rings (SSSR count). The van der Waals surface area contributed by atoms with E-state index in [0.717, 1.165) is 44.8 Å². The fourth-order valence-corrected chi connectivity index (χ4v) is 6.18. The van der Waals surface area contributed by atoms with E-state index in [9.17, 15) is 0 Å². The van der Waals surface area contributed by atoms with Crippen LogP contribution in [0.2, 0.25) is 10.3 Å². The molecule has 2 aliphatic rings. The number of aromatic nitrogens is 4. The fourth-order valence-electron chi connectivity index (χ4n) is 5.51. The molecule has 0 radical (unpaired) electrons. The van der Waals surface area contributed by atoms with Crippen molar-refractivity contribution in [3.05, 3.63) is 75.4 Å². The van der Waals surface area contributed by atoms with Crippen LogP contribution in [0.5, 0.6) is 0 Å². The average molecular weight is 574 g/mol. The minimum absolute atomic E-state index is 0.0961. The Bertz CT molecular complexity index is 1490. The molecule has 3 aromatic heterocycles. The van der Waals surface area contributed by atoms with Gasteiger partial charge in [0.15, 0.2) is 5.79 Å². The van der Waals surface area contributed by atoms with Gasteiger partial charge in [-0.25, -0.2) is 15.0 Å². The number of hydrogen-bond donors (Lipinski definition) is 0. The van der Waals surface area contributed by atoms with Crippen LogP contribution in [0, 0.1) is 5.92 Å². The van der Waals surface area contributed by atoms with Crippen molar-refractivity contribution in [2.24, 2.45) is 5.92 Å². The van der Waals surface area contributed by atoms with Gasteiger partial charge in [-0.15, -0.1) is 0 Å². The quantitative estimate of drug-likeness (QED) is 0.150. The van der Waals surface area contributed by atoms with Gasteiger partial charge in [-0.2, -0.15) is 0 Å². The highest BCUT2D eigenvalue weighted by molar-refractivity contribution is 9.10. The number of fused-ring (bicyclic) bond motifs is 3. The van der Waals surface area contributed by atoms with Crippen molar-refractivity contribution in [1.82, 2.24) is 19.5 Å². The molecule has 4 heterocycles. The SMILES string of the molecule is C=C1[C@@H](n2ccc3c(Cl)ncnc32)[C@@H]2OC(C)(C)O[C@@H]2[C@H]1CCc1ccc2cc(Br)c(Cl)nc2c1. The van der Waals surface area contributed by atoms with Gasteiger partial charge in [0.2, 0.25) is 0 Å². The fraction of sp³-hybridized carbons (Fsp3) is 0.346. The van der Waals surface area contributed by atoms with Gasteiger partial charge in [0.25, 0.3) is 0 Å². The van der Waals surface area contributed by atoms with E-state index in [1.54, 1.807) is 0 Å². The van der Waals surface area contributed by atoms with Crippen LogP contribution in [0.4, 0.5) is 0 Å². The third kappa shape index (κ3) is 3.98. The first-order valence-corrected chi connectivity index (χ1v) is 13.0. The lowest BCUT2D eigenvalue weighted by Gasteiger charge is -2.26. The summed E-state index contributed by atoms with van der Waals surface area (Å²) >= 11 is 16.0. The van der Waals surface area contributed by atoms with Crippen LogP contribution in [-0.2, 0) is 15.9 Å². The minimum Gasteiger partial charge on any atom is -0.344 e. The van der Waals surface area contributed by atoms with Gasteiger partial charge in [0, 0.05) is 17.5 Å². The summed E-state index contributed by atoms with van der Waals surface area (Å²) in [6.07, 6.45) is 4.95. The zero-order chi connectivity index (χ0) is 24.5. The van der Waals surface area contributed by atoms with Crippen LogP contribution in [0.15, 0.2) is 59.5 Å². The summed E-state index contributed by atoms with van der Waals surface area (Å²) in [7, 11) is 0. The smallest absolute Gasteiger partial charge is 0.163 e. The molecule has 9 heteroatoms. The molecule has 6 nitrogen and oxygen atoms in total. The van der Waals surface area contributed by atoms with Crippen molar-refractivity contribution >= 4 is 61.1 Å². The van der Waals surface area contributed by atoms with Crippen LogP contribution < -0.4 is 0 Å². The molecular formula is C26H23BrCl2N4O2. The maximum atomic E-state index is 6.42. The van der Waals surface area contributed by atoms with Crippen LogP contribution in [-0.4, -0.2) is 37.5 Å². The van der Waals surface area contributed by atoms with Crippen molar-refractivity contribution < 1.29 is 9.47 Å². The summed E-state index contributed by atoms with van der Waals surface area (Å²) in [5.41, 5.74) is 3.93. The molecule has 0 unspecified atom stereocenters. The molecule has 1 saturated heterocycles. The van der Waals surface area contributed by atoms with Gasteiger partial charge in [0.05, 0.1) is 27.5 Å². The number of benzene rings is 1. The molecule has 0 bridgehead atoms. The zero-order valence-electron chi connectivity index (χ0n) is 19.2. The Kier molecular flexibility index (Phi) is 5.69. The lowest BCUT2D eigenvalue weighted by molar-refractivity contribution is -0.156. The molecule has 1 aliphatic heterocycles. The summed E-state index contributed by atoms with van der Waals surface area (Å²) < 4.78 is 15.7. The Hall–Kier alpha value is -2.03. The highest BCUT2D eigenvalue weighted by atomic mass is 79.9. The van der Waals surface area contributed by atoms with Gasteiger partial charge in [-0.1, -0.05) is 41.9 Å². The Balaban J connectivity index is 1.31. The number of aryl methyl sites for hydroxylation is 1. The molecule has 1 aromatic carbocycles. The average Bonchev–Trinajstić information content (AvgIpc) is 3.43. The van der Waals surface area contributed by atoms with Crippen molar-refractivity contribution in [2.75, 3.05) is 0 Å². The van der Waals surface area contributed by atoms with E-state index in [1.807, 2.05) is 32.2 Å². The zero-order valence-corrected chi connectivity index (χ0v) is 22.3. The largest absolute Gasteiger partial charge is 0.344 e. The van der Waals surface area contributed by atoms with Gasteiger partial charge in [-0.05, 0) is 72.0 Å². The second-order valence-corrected chi connectivity index (χ2v) is 11.2. The monoisotopic (exact) mass is 572 g/mol. The normalized spacial score (nSPS) is 25.6. The number of hydrogen-bond acceptors (Lipinski definition) is 5. The third-order valence-electron chi connectivity index (χ3n) is 7.02. The third-order valence-corrected chi connectivity index (χ3v) is 8.45. The first kappa shape index (κ1) is 23.4. The Morgan fingerprint density at radius 3 is 2.71 bits per heavy atom. The molecule has 1 saturated carbocycles. The summed E-state index contributed by atoms with van der Waals surface area (Å²) in [4.78, 5) is 13.1. The van der Waals surface area contributed by atoms with E-state index in [-0.39, 0.29) is 24.2 Å². The number of ether oxygens (including phenoxy) is 2. The summed E-state index contributed by atoms with van der Waals surface area (Å²) in [5, 5.41) is 2.76. The molecule has 4 atom stereocenters. The first-order valence-electron chi connectivity index (χ1n) is 11.5. The second kappa shape index (κ2) is 8.53. The number of nitrogens with zero attached hydrogens (tertiary/aromatic N) is 4. The predicted molar refractivity (Wildman–Crippen MR) is 141 cm³/mol. The van der Waals surface area contributed by atoms with Crippen molar-refractivity contribution in [3.63, 3.8) is 0 Å². The van der Waals surface area contributed by atoms with Crippen LogP contribution in [0.25, 0.3) is 21.9 Å². The first-order chi connectivity index (χ1) is 16.7. The van der Waals surface area contributed by atoms with E-state index in [4.69, 9.17) is 32.7 Å². The summed E-state index contributed by atoms with van der Waals surface area (Å²) in [5.74, 6) is -0.544. The molecule has 0 spiro atoms. The predicted octanol–water partition coefficient (Wildman–Crippen LogP) is 6.93. The number of pyridine rings is 1. The summed E-state index contributed by atoms with van der Waals surface area (Å²) in [6, 6.07) is 10.2. The Labute approximate surface area is 221 Å². The number of rotatable bonds is 4. The molecule has 2 fully saturated rings. The lowest BCUT2D eigenvalue weighted by atomic mass is 9.92. The van der Waals surface area contributed by atoms with E-state index in [0.29, 0.717) is 10.3 Å². The topological polar surface area (TPSA) is 62.1 Å². The van der Waals surface area contributed by atoms with E-state index in [1.165, 1.54) is 11.9 Å². The van der Waals surface area contributed by atoms with Crippen molar-refractivity contribution in [2.45, 2.75) is 50.7 Å². The molecule has 1 aliphatic carbocycles. The van der Waals surface area contributed by atoms with Crippen LogP contribution in [0.1, 0.15) is 31.9 Å². The van der Waals surface area contributed by atoms with E-state index >= 15 is 0 Å². The van der Waals surface area contributed by atoms with Crippen LogP contribution >= 0.6 is 39.1 Å². The highest BCUT2D eigenvalue weighted by Gasteiger charge is 2.56. The van der Waals surface area contributed by atoms with E-state index in [2.05, 4.69) is 60.2 Å². The standard InChI is InChI=1S/C26H23BrCl2N4O2/c1-13-16(7-5-14-4-6-15-11-18(27)24(29)32-19(15)10-14)21-22(35-26(2,3)34-21)20(13)33-9-8-17-23(28)30-12-31-25(17)33/h4,6,8-12,16,20-22H,1,5,7H2,2-3H3/t16-,20+,21+,22-/m0/s1. The molecule has 35 heavy (non-hydrogen) atoms. The molecule has 180 valence electrons. The van der Waals surface area contributed by atoms with Gasteiger partial charge < -0.3 is 14.0 Å². The second-order valence-electron chi connectivity index (χ2n) is 9.64. The molecule has 0 N–H and O–H groups in total. The Morgan fingerprint density at radius 1 is 1.09 bits per heavy atom. The molecular weight excluding hydrogens is 551 g/mol. The number of halogens is 3. The van der Waals surface area contributed by atoms with Crippen LogP contribution in [0.3, 0.4) is 0 Å². The maximum absolute atomic E-state index is 6.42.